The van der Waals surface area contributed by atoms with Crippen molar-refractivity contribution in [3.05, 3.63) is 61.3 Å². The maximum absolute atomic E-state index is 12.5. The van der Waals surface area contributed by atoms with E-state index in [9.17, 15) is 19.0 Å². The first-order chi connectivity index (χ1) is 24.8. The second-order valence-electron chi connectivity index (χ2n) is 12.9. The van der Waals surface area contributed by atoms with Crippen LogP contribution in [0, 0.1) is 0 Å². The fraction of sp³-hybridized carbons (Fsp3) is 0.707. The van der Waals surface area contributed by atoms with Gasteiger partial charge in [0.2, 0.25) is 0 Å². The van der Waals surface area contributed by atoms with E-state index in [0.29, 0.717) is 12.8 Å². The third-order valence-corrected chi connectivity index (χ3v) is 9.02. The lowest BCUT2D eigenvalue weighted by molar-refractivity contribution is -0.161. The molecule has 0 rings (SSSR count). The molecule has 0 aliphatic carbocycles. The van der Waals surface area contributed by atoms with Crippen molar-refractivity contribution >= 4 is 19.8 Å². The second kappa shape index (κ2) is 37.5. The molecule has 51 heavy (non-hydrogen) atoms. The van der Waals surface area contributed by atoms with E-state index >= 15 is 0 Å². The minimum atomic E-state index is -4.38. The minimum absolute atomic E-state index is 0.0448. The molecule has 294 valence electrons. The van der Waals surface area contributed by atoms with Crippen LogP contribution in [0.5, 0.6) is 0 Å². The topological polar surface area (TPSA) is 134 Å². The van der Waals surface area contributed by atoms with Gasteiger partial charge >= 0.3 is 19.8 Å². The number of esters is 2. The van der Waals surface area contributed by atoms with Crippen LogP contribution in [0.15, 0.2) is 61.3 Å². The first-order valence-corrected chi connectivity index (χ1v) is 21.2. The van der Waals surface area contributed by atoms with Crippen LogP contribution in [-0.4, -0.2) is 49.3 Å². The van der Waals surface area contributed by atoms with Gasteiger partial charge in [0, 0.05) is 19.4 Å². The molecule has 0 fully saturated rings. The van der Waals surface area contributed by atoms with Crippen molar-refractivity contribution in [2.24, 2.45) is 5.73 Å². The number of nitrogens with two attached hydrogens (primary N) is 1. The Balaban J connectivity index is 4.26. The number of carbonyl (C=O) groups excluding carboxylic acids is 2. The molecule has 0 aromatic carbocycles. The molecule has 2 atom stereocenters. The first kappa shape index (κ1) is 48.7. The number of carbonyl (C=O) groups is 2. The Morgan fingerprint density at radius 1 is 0.647 bits per heavy atom. The highest BCUT2D eigenvalue weighted by Gasteiger charge is 2.25. The highest BCUT2D eigenvalue weighted by molar-refractivity contribution is 7.47. The highest BCUT2D eigenvalue weighted by atomic mass is 31.2. The molecular formula is C41H72NO8P. The van der Waals surface area contributed by atoms with Crippen LogP contribution in [0.1, 0.15) is 155 Å². The highest BCUT2D eigenvalue weighted by Crippen LogP contribution is 2.43. The van der Waals surface area contributed by atoms with Crippen LogP contribution in [0.25, 0.3) is 0 Å². The molecule has 0 aliphatic heterocycles. The van der Waals surface area contributed by atoms with Gasteiger partial charge in [-0.25, -0.2) is 4.57 Å². The third-order valence-electron chi connectivity index (χ3n) is 8.03. The van der Waals surface area contributed by atoms with Gasteiger partial charge in [-0.3, -0.25) is 18.6 Å². The van der Waals surface area contributed by atoms with Gasteiger partial charge in [-0.05, 0) is 64.2 Å². The molecule has 10 heteroatoms. The van der Waals surface area contributed by atoms with E-state index in [0.717, 1.165) is 64.2 Å². The number of hydrogen-bond acceptors (Lipinski definition) is 8. The van der Waals surface area contributed by atoms with Gasteiger partial charge in [0.25, 0.3) is 0 Å². The van der Waals surface area contributed by atoms with Gasteiger partial charge < -0.3 is 20.1 Å². The van der Waals surface area contributed by atoms with Gasteiger partial charge in [-0.1, -0.05) is 132 Å². The summed E-state index contributed by atoms with van der Waals surface area (Å²) in [7, 11) is -4.38. The summed E-state index contributed by atoms with van der Waals surface area (Å²) in [6, 6.07) is 0. The molecule has 0 amide bonds. The SMILES string of the molecule is C=CCCCCCCCCCCCCCCCC(=O)O[C@H](COC(=O)CCCC/C=C/C/C=C/C/C=C/C/C=C/CC)COP(=O)(O)OCCN. The zero-order valence-electron chi connectivity index (χ0n) is 31.9. The van der Waals surface area contributed by atoms with Gasteiger partial charge in [0.1, 0.15) is 6.61 Å². The number of phosphoric ester groups is 1. The van der Waals surface area contributed by atoms with Crippen molar-refractivity contribution in [3.8, 4) is 0 Å². The zero-order valence-corrected chi connectivity index (χ0v) is 32.8. The lowest BCUT2D eigenvalue weighted by atomic mass is 10.0. The van der Waals surface area contributed by atoms with Crippen molar-refractivity contribution in [1.82, 2.24) is 0 Å². The van der Waals surface area contributed by atoms with Crippen LogP contribution >= 0.6 is 7.82 Å². The van der Waals surface area contributed by atoms with Crippen LogP contribution < -0.4 is 5.73 Å². The van der Waals surface area contributed by atoms with Gasteiger partial charge in [-0.2, -0.15) is 0 Å². The molecule has 0 spiro atoms. The number of phosphoric acid groups is 1. The molecule has 0 aromatic heterocycles. The Kier molecular flexibility index (Phi) is 35.8. The van der Waals surface area contributed by atoms with Crippen LogP contribution in [0.2, 0.25) is 0 Å². The molecule has 0 heterocycles. The maximum Gasteiger partial charge on any atom is 0.472 e. The number of ether oxygens (including phenoxy) is 2. The fourth-order valence-electron chi connectivity index (χ4n) is 5.13. The molecule has 0 saturated heterocycles. The monoisotopic (exact) mass is 737 g/mol. The normalized spacial score (nSPS) is 13.8. The number of allylic oxidation sites excluding steroid dienone is 9. The predicted octanol–water partition coefficient (Wildman–Crippen LogP) is 10.9. The summed E-state index contributed by atoms with van der Waals surface area (Å²) in [6.07, 6.45) is 41.5. The molecule has 0 radical (unpaired) electrons. The molecule has 0 aliphatic rings. The molecule has 0 saturated carbocycles. The van der Waals surface area contributed by atoms with Crippen molar-refractivity contribution in [2.45, 2.75) is 161 Å². The summed E-state index contributed by atoms with van der Waals surface area (Å²) >= 11 is 0. The second-order valence-corrected chi connectivity index (χ2v) is 14.3. The Labute approximate surface area is 310 Å². The minimum Gasteiger partial charge on any atom is -0.462 e. The maximum atomic E-state index is 12.5. The molecule has 9 nitrogen and oxygen atoms in total. The van der Waals surface area contributed by atoms with Crippen molar-refractivity contribution < 1.29 is 37.6 Å². The zero-order chi connectivity index (χ0) is 37.5. The van der Waals surface area contributed by atoms with E-state index in [4.69, 9.17) is 24.3 Å². The molecule has 0 bridgehead atoms. The molecular weight excluding hydrogens is 665 g/mol. The van der Waals surface area contributed by atoms with Gasteiger partial charge in [0.15, 0.2) is 6.10 Å². The van der Waals surface area contributed by atoms with Crippen molar-refractivity contribution in [1.29, 1.82) is 0 Å². The molecule has 1 unspecified atom stereocenters. The van der Waals surface area contributed by atoms with Crippen LogP contribution in [0.4, 0.5) is 0 Å². The Morgan fingerprint density at radius 2 is 1.12 bits per heavy atom. The average molecular weight is 738 g/mol. The summed E-state index contributed by atoms with van der Waals surface area (Å²) in [4.78, 5) is 34.7. The largest absolute Gasteiger partial charge is 0.472 e. The molecule has 0 aromatic rings. The van der Waals surface area contributed by atoms with E-state index in [1.807, 2.05) is 6.08 Å². The standard InChI is InChI=1S/C41H72NO8P/c1-3-5-7-9-11-13-15-17-19-21-23-25-27-29-31-33-40(43)47-37-39(38-49-51(45,46)48-36-35-42)50-41(44)34-32-30-28-26-24-22-20-18-16-14-12-10-8-6-4-2/h4-5,7,11,13,17,19,23,25,39H,2-3,6,8-10,12,14-16,18,20-22,24,26-38,42H2,1H3,(H,45,46)/b7-5+,13-11+,19-17+,25-23+/t39-/m1/s1. The van der Waals surface area contributed by atoms with E-state index < -0.39 is 32.5 Å². The number of hydrogen-bond donors (Lipinski definition) is 2. The summed E-state index contributed by atoms with van der Waals surface area (Å²) in [5.74, 6) is -0.885. The summed E-state index contributed by atoms with van der Waals surface area (Å²) in [6.45, 7) is 5.07. The lowest BCUT2D eigenvalue weighted by Crippen LogP contribution is -2.29. The van der Waals surface area contributed by atoms with E-state index in [2.05, 4.69) is 62.1 Å². The quantitative estimate of drug-likeness (QED) is 0.0276. The van der Waals surface area contributed by atoms with Crippen molar-refractivity contribution in [3.63, 3.8) is 0 Å². The first-order valence-electron chi connectivity index (χ1n) is 19.7. The summed E-state index contributed by atoms with van der Waals surface area (Å²) < 4.78 is 32.6. The van der Waals surface area contributed by atoms with Crippen LogP contribution in [-0.2, 0) is 32.7 Å². The average Bonchev–Trinajstić information content (AvgIpc) is 3.11. The smallest absolute Gasteiger partial charge is 0.462 e. The molecule has 3 N–H and O–H groups in total. The van der Waals surface area contributed by atoms with Gasteiger partial charge in [-0.15, -0.1) is 6.58 Å². The Morgan fingerprint density at radius 3 is 1.67 bits per heavy atom. The number of rotatable bonds is 37. The van der Waals surface area contributed by atoms with E-state index in [1.165, 1.54) is 57.8 Å². The summed E-state index contributed by atoms with van der Waals surface area (Å²) in [5, 5.41) is 0. The number of unbranched alkanes of at least 4 members (excludes halogenated alkanes) is 15. The third kappa shape index (κ3) is 37.3. The van der Waals surface area contributed by atoms with Gasteiger partial charge in [0.05, 0.1) is 13.2 Å². The Hall–Kier alpha value is -2.29. The van der Waals surface area contributed by atoms with Crippen LogP contribution in [0.3, 0.4) is 0 Å². The fourth-order valence-corrected chi connectivity index (χ4v) is 5.90. The van der Waals surface area contributed by atoms with Crippen molar-refractivity contribution in [2.75, 3.05) is 26.4 Å². The lowest BCUT2D eigenvalue weighted by Gasteiger charge is -2.19. The van der Waals surface area contributed by atoms with E-state index in [1.54, 1.807) is 0 Å². The predicted molar refractivity (Wildman–Crippen MR) is 210 cm³/mol. The summed E-state index contributed by atoms with van der Waals surface area (Å²) in [5.41, 5.74) is 5.33. The van der Waals surface area contributed by atoms with E-state index in [-0.39, 0.29) is 32.6 Å². The Bertz CT molecular complexity index is 1010.